The highest BCUT2D eigenvalue weighted by Crippen LogP contribution is 2.27. The molecule has 3 rings (SSSR count). The summed E-state index contributed by atoms with van der Waals surface area (Å²) in [5.41, 5.74) is 1.67. The van der Waals surface area contributed by atoms with Gasteiger partial charge in [-0.2, -0.15) is 18.3 Å². The Morgan fingerprint density at radius 2 is 1.93 bits per heavy atom. The zero-order valence-electron chi connectivity index (χ0n) is 14.7. The smallest absolute Gasteiger partial charge is 0.321 e. The normalized spacial score (nSPS) is 11.8. The number of amides is 1. The summed E-state index contributed by atoms with van der Waals surface area (Å²) in [5.74, 6) is 0.162. The van der Waals surface area contributed by atoms with Gasteiger partial charge in [0, 0.05) is 11.9 Å². The van der Waals surface area contributed by atoms with E-state index in [4.69, 9.17) is 0 Å². The van der Waals surface area contributed by atoms with Gasteiger partial charge in [0.05, 0.1) is 11.4 Å². The lowest BCUT2D eigenvalue weighted by Gasteiger charge is -2.07. The fourth-order valence-corrected chi connectivity index (χ4v) is 3.31. The number of halogens is 3. The number of thiophene rings is 1. The van der Waals surface area contributed by atoms with Crippen LogP contribution >= 0.6 is 11.3 Å². The van der Waals surface area contributed by atoms with Crippen molar-refractivity contribution < 1.29 is 18.0 Å². The third kappa shape index (κ3) is 4.77. The van der Waals surface area contributed by atoms with Crippen molar-refractivity contribution in [3.63, 3.8) is 0 Å². The van der Waals surface area contributed by atoms with E-state index < -0.39 is 11.9 Å². The van der Waals surface area contributed by atoms with Crippen molar-refractivity contribution in [2.75, 3.05) is 5.32 Å². The summed E-state index contributed by atoms with van der Waals surface area (Å²) in [6, 6.07) is 10.2. The van der Waals surface area contributed by atoms with Crippen LogP contribution in [0.1, 0.15) is 46.3 Å². The minimum absolute atomic E-state index is 0.170. The number of hydrogen-bond donors (Lipinski definition) is 1. The highest BCUT2D eigenvalue weighted by molar-refractivity contribution is 7.12. The molecule has 0 aliphatic heterocycles. The van der Waals surface area contributed by atoms with E-state index in [1.165, 1.54) is 27.8 Å². The Labute approximate surface area is 158 Å². The molecule has 0 bridgehead atoms. The van der Waals surface area contributed by atoms with E-state index in [-0.39, 0.29) is 12.5 Å². The van der Waals surface area contributed by atoms with Crippen molar-refractivity contribution in [1.82, 2.24) is 9.78 Å². The van der Waals surface area contributed by atoms with Gasteiger partial charge in [0.1, 0.15) is 0 Å². The molecule has 142 valence electrons. The lowest BCUT2D eigenvalue weighted by atomic mass is 10.0. The molecule has 0 radical (unpaired) electrons. The summed E-state index contributed by atoms with van der Waals surface area (Å²) < 4.78 is 39.0. The molecular weight excluding hydrogens is 375 g/mol. The Hall–Kier alpha value is -2.61. The van der Waals surface area contributed by atoms with E-state index in [1.54, 1.807) is 11.4 Å². The van der Waals surface area contributed by atoms with Crippen LogP contribution in [-0.2, 0) is 12.7 Å². The quantitative estimate of drug-likeness (QED) is 0.632. The second-order valence-corrected chi connectivity index (χ2v) is 7.36. The largest absolute Gasteiger partial charge is 0.435 e. The van der Waals surface area contributed by atoms with Crippen molar-refractivity contribution in [2.45, 2.75) is 32.5 Å². The summed E-state index contributed by atoms with van der Waals surface area (Å²) in [6.07, 6.45) is -3.19. The fourth-order valence-electron chi connectivity index (χ4n) is 2.51. The Morgan fingerprint density at radius 1 is 1.22 bits per heavy atom. The Balaban J connectivity index is 1.64. The Bertz CT molecular complexity index is 926. The summed E-state index contributed by atoms with van der Waals surface area (Å²) >= 11 is 1.24. The maximum atomic E-state index is 12.6. The molecule has 0 saturated heterocycles. The zero-order chi connectivity index (χ0) is 19.6. The second kappa shape index (κ2) is 7.56. The SMILES string of the molecule is CC(C)c1ccc(NC(=O)c2cc(Cn3ccc(C(F)(F)F)n3)cs2)cc1. The first-order valence-corrected chi connectivity index (χ1v) is 9.19. The molecule has 8 heteroatoms. The van der Waals surface area contributed by atoms with Crippen LogP contribution in [0, 0.1) is 0 Å². The minimum Gasteiger partial charge on any atom is -0.321 e. The molecule has 0 saturated carbocycles. The van der Waals surface area contributed by atoms with Gasteiger partial charge in [0.25, 0.3) is 5.91 Å². The number of nitrogens with one attached hydrogen (secondary N) is 1. The standard InChI is InChI=1S/C19H18F3N3OS/c1-12(2)14-3-5-15(6-4-14)23-18(26)16-9-13(11-27-16)10-25-8-7-17(24-25)19(20,21)22/h3-9,11-12H,10H2,1-2H3,(H,23,26). The molecule has 2 aromatic heterocycles. The molecule has 0 spiro atoms. The van der Waals surface area contributed by atoms with E-state index in [0.29, 0.717) is 16.5 Å². The number of aromatic nitrogens is 2. The van der Waals surface area contributed by atoms with Gasteiger partial charge in [0.15, 0.2) is 5.69 Å². The molecule has 0 aliphatic rings. The number of rotatable bonds is 5. The first-order valence-electron chi connectivity index (χ1n) is 8.32. The summed E-state index contributed by atoms with van der Waals surface area (Å²) in [6.45, 7) is 4.36. The van der Waals surface area contributed by atoms with Crippen LogP contribution in [-0.4, -0.2) is 15.7 Å². The van der Waals surface area contributed by atoms with Gasteiger partial charge in [-0.1, -0.05) is 26.0 Å². The van der Waals surface area contributed by atoms with Gasteiger partial charge in [-0.3, -0.25) is 9.48 Å². The van der Waals surface area contributed by atoms with Gasteiger partial charge in [0.2, 0.25) is 0 Å². The average molecular weight is 393 g/mol. The summed E-state index contributed by atoms with van der Waals surface area (Å²) in [7, 11) is 0. The number of carbonyl (C=O) groups is 1. The molecular formula is C19H18F3N3OS. The van der Waals surface area contributed by atoms with Gasteiger partial charge in [-0.15, -0.1) is 11.3 Å². The molecule has 4 nitrogen and oxygen atoms in total. The van der Waals surface area contributed by atoms with Gasteiger partial charge >= 0.3 is 6.18 Å². The lowest BCUT2D eigenvalue weighted by molar-refractivity contribution is -0.141. The first-order chi connectivity index (χ1) is 12.7. The molecule has 1 aromatic carbocycles. The van der Waals surface area contributed by atoms with Gasteiger partial charge in [-0.05, 0) is 46.7 Å². The minimum atomic E-state index is -4.46. The molecule has 27 heavy (non-hydrogen) atoms. The van der Waals surface area contributed by atoms with Crippen LogP contribution in [0.4, 0.5) is 18.9 Å². The van der Waals surface area contributed by atoms with Crippen molar-refractivity contribution in [3.05, 3.63) is 69.7 Å². The highest BCUT2D eigenvalue weighted by atomic mass is 32.1. The Kier molecular flexibility index (Phi) is 5.36. The van der Waals surface area contributed by atoms with Crippen LogP contribution in [0.15, 0.2) is 48.0 Å². The maximum Gasteiger partial charge on any atom is 0.435 e. The van der Waals surface area contributed by atoms with Crippen molar-refractivity contribution in [3.8, 4) is 0 Å². The van der Waals surface area contributed by atoms with Crippen LogP contribution in [0.2, 0.25) is 0 Å². The topological polar surface area (TPSA) is 46.9 Å². The number of hydrogen-bond acceptors (Lipinski definition) is 3. The highest BCUT2D eigenvalue weighted by Gasteiger charge is 2.33. The summed E-state index contributed by atoms with van der Waals surface area (Å²) in [4.78, 5) is 12.8. The third-order valence-electron chi connectivity index (χ3n) is 3.99. The molecule has 0 unspecified atom stereocenters. The number of carbonyl (C=O) groups excluding carboxylic acids is 1. The summed E-state index contributed by atoms with van der Waals surface area (Å²) in [5, 5.41) is 8.08. The van der Waals surface area contributed by atoms with Crippen molar-refractivity contribution >= 4 is 22.9 Å². The van der Waals surface area contributed by atoms with Gasteiger partial charge < -0.3 is 5.32 Å². The lowest BCUT2D eigenvalue weighted by Crippen LogP contribution is -2.10. The number of benzene rings is 1. The molecule has 1 N–H and O–H groups in total. The number of nitrogens with zero attached hydrogens (tertiary/aromatic N) is 2. The van der Waals surface area contributed by atoms with E-state index in [9.17, 15) is 18.0 Å². The van der Waals surface area contributed by atoms with Crippen LogP contribution in [0.5, 0.6) is 0 Å². The van der Waals surface area contributed by atoms with E-state index in [1.807, 2.05) is 24.3 Å². The van der Waals surface area contributed by atoms with Crippen molar-refractivity contribution in [1.29, 1.82) is 0 Å². The predicted molar refractivity (Wildman–Crippen MR) is 99.1 cm³/mol. The predicted octanol–water partition coefficient (Wildman–Crippen LogP) is 5.39. The number of alkyl halides is 3. The third-order valence-corrected chi connectivity index (χ3v) is 4.97. The molecule has 1 amide bonds. The average Bonchev–Trinajstić information content (AvgIpc) is 3.25. The fraction of sp³-hybridized carbons (Fsp3) is 0.263. The van der Waals surface area contributed by atoms with Crippen LogP contribution < -0.4 is 5.32 Å². The zero-order valence-corrected chi connectivity index (χ0v) is 15.6. The molecule has 3 aromatic rings. The van der Waals surface area contributed by atoms with E-state index in [0.717, 1.165) is 11.6 Å². The second-order valence-electron chi connectivity index (χ2n) is 6.45. The molecule has 0 atom stereocenters. The molecule has 0 fully saturated rings. The van der Waals surface area contributed by atoms with E-state index in [2.05, 4.69) is 24.3 Å². The van der Waals surface area contributed by atoms with E-state index >= 15 is 0 Å². The van der Waals surface area contributed by atoms with Gasteiger partial charge in [-0.25, -0.2) is 0 Å². The molecule has 2 heterocycles. The van der Waals surface area contributed by atoms with Crippen LogP contribution in [0.3, 0.4) is 0 Å². The monoisotopic (exact) mass is 393 g/mol. The first kappa shape index (κ1) is 19.2. The Morgan fingerprint density at radius 3 is 2.52 bits per heavy atom. The number of anilines is 1. The molecule has 0 aliphatic carbocycles. The van der Waals surface area contributed by atoms with Crippen LogP contribution in [0.25, 0.3) is 0 Å². The maximum absolute atomic E-state index is 12.6. The van der Waals surface area contributed by atoms with Crippen molar-refractivity contribution in [2.24, 2.45) is 0 Å².